The van der Waals surface area contributed by atoms with Crippen LogP contribution < -0.4 is 5.32 Å². The van der Waals surface area contributed by atoms with E-state index < -0.39 is 11.6 Å². The molecular formula is C13H15F2N5. The molecule has 1 N–H and O–H groups in total. The largest absolute Gasteiger partial charge is 0.314 e. The highest BCUT2D eigenvalue weighted by atomic mass is 19.1. The number of nitrogens with zero attached hydrogens (tertiary/aromatic N) is 4. The zero-order valence-electron chi connectivity index (χ0n) is 10.9. The molecule has 7 heteroatoms. The molecule has 2 heterocycles. The monoisotopic (exact) mass is 279 g/mol. The predicted octanol–water partition coefficient (Wildman–Crippen LogP) is 0.951. The molecule has 0 saturated carbocycles. The topological polar surface area (TPSA) is 46.0 Å². The van der Waals surface area contributed by atoms with Crippen LogP contribution in [0.2, 0.25) is 0 Å². The van der Waals surface area contributed by atoms with Crippen molar-refractivity contribution in [3.8, 4) is 5.69 Å². The summed E-state index contributed by atoms with van der Waals surface area (Å²) in [6.07, 6.45) is 1.63. The Hall–Kier alpha value is -1.86. The molecule has 0 aliphatic carbocycles. The standard InChI is InChI=1S/C13H15F2N5/c14-10-5-11(15)7-12(6-10)20-13(8-17-18-20)9-19-3-1-16-2-4-19/h5-8,16H,1-4,9H2. The fraction of sp³-hybridized carbons (Fsp3) is 0.385. The van der Waals surface area contributed by atoms with Gasteiger partial charge in [0.2, 0.25) is 0 Å². The summed E-state index contributed by atoms with van der Waals surface area (Å²) in [5.41, 5.74) is 1.17. The minimum atomic E-state index is -0.622. The molecule has 1 saturated heterocycles. The Morgan fingerprint density at radius 3 is 2.50 bits per heavy atom. The van der Waals surface area contributed by atoms with Crippen LogP contribution in [0.3, 0.4) is 0 Å². The molecule has 1 aliphatic heterocycles. The average Bonchev–Trinajstić information content (AvgIpc) is 2.87. The van der Waals surface area contributed by atoms with Crippen LogP contribution in [0.1, 0.15) is 5.69 Å². The van der Waals surface area contributed by atoms with Crippen molar-refractivity contribution in [2.24, 2.45) is 0 Å². The van der Waals surface area contributed by atoms with E-state index in [0.717, 1.165) is 37.9 Å². The lowest BCUT2D eigenvalue weighted by Gasteiger charge is -2.26. The highest BCUT2D eigenvalue weighted by Crippen LogP contribution is 2.15. The molecule has 1 aromatic heterocycles. The van der Waals surface area contributed by atoms with Crippen LogP contribution in [0.25, 0.3) is 5.69 Å². The van der Waals surface area contributed by atoms with Crippen molar-refractivity contribution in [3.63, 3.8) is 0 Å². The van der Waals surface area contributed by atoms with E-state index in [-0.39, 0.29) is 0 Å². The summed E-state index contributed by atoms with van der Waals surface area (Å²) < 4.78 is 28.1. The maximum absolute atomic E-state index is 13.3. The highest BCUT2D eigenvalue weighted by Gasteiger charge is 2.14. The molecule has 1 aromatic carbocycles. The van der Waals surface area contributed by atoms with Crippen LogP contribution >= 0.6 is 0 Å². The van der Waals surface area contributed by atoms with E-state index in [1.165, 1.54) is 16.8 Å². The number of aromatic nitrogens is 3. The van der Waals surface area contributed by atoms with Crippen molar-refractivity contribution in [3.05, 3.63) is 41.7 Å². The van der Waals surface area contributed by atoms with Gasteiger partial charge in [0.05, 0.1) is 17.6 Å². The molecule has 0 radical (unpaired) electrons. The third-order valence-electron chi connectivity index (χ3n) is 3.31. The van der Waals surface area contributed by atoms with Gasteiger partial charge in [-0.2, -0.15) is 0 Å². The molecule has 2 aromatic rings. The van der Waals surface area contributed by atoms with E-state index in [2.05, 4.69) is 20.5 Å². The number of hydrogen-bond donors (Lipinski definition) is 1. The van der Waals surface area contributed by atoms with Gasteiger partial charge in [-0.15, -0.1) is 5.10 Å². The lowest BCUT2D eigenvalue weighted by atomic mass is 10.3. The Labute approximate surface area is 115 Å². The zero-order chi connectivity index (χ0) is 13.9. The molecule has 3 rings (SSSR count). The fourth-order valence-corrected chi connectivity index (χ4v) is 2.34. The minimum absolute atomic E-state index is 0.352. The lowest BCUT2D eigenvalue weighted by Crippen LogP contribution is -2.43. The second-order valence-corrected chi connectivity index (χ2v) is 4.79. The summed E-state index contributed by atoms with van der Waals surface area (Å²) in [6, 6.07) is 3.34. The number of halogens is 2. The van der Waals surface area contributed by atoms with Gasteiger partial charge in [0.25, 0.3) is 0 Å². The maximum Gasteiger partial charge on any atom is 0.128 e. The maximum atomic E-state index is 13.3. The number of benzene rings is 1. The molecule has 106 valence electrons. The summed E-state index contributed by atoms with van der Waals surface area (Å²) in [5, 5.41) is 11.1. The van der Waals surface area contributed by atoms with Gasteiger partial charge in [0.1, 0.15) is 11.6 Å². The van der Waals surface area contributed by atoms with Gasteiger partial charge >= 0.3 is 0 Å². The first-order chi connectivity index (χ1) is 9.72. The number of hydrogen-bond acceptors (Lipinski definition) is 4. The SMILES string of the molecule is Fc1cc(F)cc(-n2nncc2CN2CCNCC2)c1. The molecular weight excluding hydrogens is 264 g/mol. The van der Waals surface area contributed by atoms with Gasteiger partial charge in [-0.3, -0.25) is 4.90 Å². The van der Waals surface area contributed by atoms with Gasteiger partial charge < -0.3 is 5.32 Å². The Balaban J connectivity index is 1.85. The Morgan fingerprint density at radius 2 is 1.80 bits per heavy atom. The van der Waals surface area contributed by atoms with Crippen molar-refractivity contribution >= 4 is 0 Å². The second kappa shape index (κ2) is 5.64. The highest BCUT2D eigenvalue weighted by molar-refractivity contribution is 5.33. The van der Waals surface area contributed by atoms with Gasteiger partial charge in [-0.25, -0.2) is 13.5 Å². The van der Waals surface area contributed by atoms with Crippen molar-refractivity contribution in [1.29, 1.82) is 0 Å². The van der Waals surface area contributed by atoms with Crippen molar-refractivity contribution < 1.29 is 8.78 Å². The second-order valence-electron chi connectivity index (χ2n) is 4.79. The van der Waals surface area contributed by atoms with E-state index >= 15 is 0 Å². The summed E-state index contributed by atoms with van der Waals surface area (Å²) in [4.78, 5) is 2.25. The van der Waals surface area contributed by atoms with Gasteiger partial charge in [-0.1, -0.05) is 5.21 Å². The van der Waals surface area contributed by atoms with Gasteiger partial charge in [-0.05, 0) is 12.1 Å². The van der Waals surface area contributed by atoms with Crippen LogP contribution in [0.5, 0.6) is 0 Å². The Morgan fingerprint density at radius 1 is 1.10 bits per heavy atom. The van der Waals surface area contributed by atoms with E-state index in [0.29, 0.717) is 12.2 Å². The molecule has 20 heavy (non-hydrogen) atoms. The normalized spacial score (nSPS) is 16.5. The Bertz CT molecular complexity index is 572. The van der Waals surface area contributed by atoms with E-state index in [9.17, 15) is 8.78 Å². The molecule has 1 aliphatic rings. The van der Waals surface area contributed by atoms with Crippen molar-refractivity contribution in [1.82, 2.24) is 25.2 Å². The first-order valence-electron chi connectivity index (χ1n) is 6.51. The third-order valence-corrected chi connectivity index (χ3v) is 3.31. The van der Waals surface area contributed by atoms with Crippen LogP contribution in [0, 0.1) is 11.6 Å². The number of nitrogens with one attached hydrogen (secondary N) is 1. The van der Waals surface area contributed by atoms with Crippen molar-refractivity contribution in [2.75, 3.05) is 26.2 Å². The fourth-order valence-electron chi connectivity index (χ4n) is 2.34. The van der Waals surface area contributed by atoms with Crippen LogP contribution in [-0.4, -0.2) is 46.1 Å². The summed E-state index contributed by atoms with van der Waals surface area (Å²) in [5.74, 6) is -1.24. The quantitative estimate of drug-likeness (QED) is 0.908. The number of rotatable bonds is 3. The molecule has 1 fully saturated rings. The van der Waals surface area contributed by atoms with Crippen LogP contribution in [0.4, 0.5) is 8.78 Å². The summed E-state index contributed by atoms with van der Waals surface area (Å²) in [7, 11) is 0. The van der Waals surface area contributed by atoms with E-state index in [1.54, 1.807) is 6.20 Å². The first kappa shape index (κ1) is 13.1. The lowest BCUT2D eigenvalue weighted by molar-refractivity contribution is 0.229. The molecule has 0 unspecified atom stereocenters. The molecule has 0 bridgehead atoms. The smallest absolute Gasteiger partial charge is 0.128 e. The summed E-state index contributed by atoms with van der Waals surface area (Å²) in [6.45, 7) is 4.41. The predicted molar refractivity (Wildman–Crippen MR) is 69.4 cm³/mol. The minimum Gasteiger partial charge on any atom is -0.314 e. The first-order valence-corrected chi connectivity index (χ1v) is 6.51. The van der Waals surface area contributed by atoms with Crippen LogP contribution in [-0.2, 0) is 6.54 Å². The molecule has 0 spiro atoms. The molecule has 5 nitrogen and oxygen atoms in total. The Kier molecular flexibility index (Phi) is 3.70. The zero-order valence-corrected chi connectivity index (χ0v) is 10.9. The van der Waals surface area contributed by atoms with Gasteiger partial charge in [0, 0.05) is 38.8 Å². The van der Waals surface area contributed by atoms with Crippen LogP contribution in [0.15, 0.2) is 24.4 Å². The number of piperazine rings is 1. The van der Waals surface area contributed by atoms with E-state index in [4.69, 9.17) is 0 Å². The van der Waals surface area contributed by atoms with Crippen molar-refractivity contribution in [2.45, 2.75) is 6.54 Å². The molecule has 0 amide bonds. The van der Waals surface area contributed by atoms with E-state index in [1.807, 2.05) is 0 Å². The van der Waals surface area contributed by atoms with Gasteiger partial charge in [0.15, 0.2) is 0 Å². The molecule has 0 atom stereocenters. The summed E-state index contributed by atoms with van der Waals surface area (Å²) >= 11 is 0. The average molecular weight is 279 g/mol. The third kappa shape index (κ3) is 2.83.